The van der Waals surface area contributed by atoms with Gasteiger partial charge in [-0.2, -0.15) is 0 Å². The van der Waals surface area contributed by atoms with Crippen molar-refractivity contribution in [1.29, 1.82) is 0 Å². The van der Waals surface area contributed by atoms with Crippen molar-refractivity contribution in [2.45, 2.75) is 65.0 Å². The van der Waals surface area contributed by atoms with Crippen LogP contribution < -0.4 is 5.32 Å². The quantitative estimate of drug-likeness (QED) is 0.823. The summed E-state index contributed by atoms with van der Waals surface area (Å²) < 4.78 is 5.73. The standard InChI is InChI=1S/C22H32N2O4/c1-15-5-3-4-6-20(15)28-22(27)24-11-9-18(10-12-24)21(26)23-14-17-7-8-19(25)16(2)13-17/h7-8,13,15,18,20,25H,3-6,9-12,14H2,1-2H3,(H,23,26)/t15-,20+/m0/s1. The van der Waals surface area contributed by atoms with Crippen LogP contribution in [0.5, 0.6) is 5.75 Å². The molecule has 1 aromatic carbocycles. The second-order valence-corrected chi connectivity index (χ2v) is 8.28. The van der Waals surface area contributed by atoms with E-state index in [1.807, 2.05) is 19.1 Å². The molecule has 6 heteroatoms. The van der Waals surface area contributed by atoms with E-state index in [2.05, 4.69) is 12.2 Å². The zero-order valence-electron chi connectivity index (χ0n) is 16.9. The molecular weight excluding hydrogens is 356 g/mol. The van der Waals surface area contributed by atoms with E-state index < -0.39 is 0 Å². The molecule has 28 heavy (non-hydrogen) atoms. The maximum Gasteiger partial charge on any atom is 0.410 e. The molecule has 1 heterocycles. The first-order chi connectivity index (χ1) is 13.4. The fourth-order valence-electron chi connectivity index (χ4n) is 4.15. The van der Waals surface area contributed by atoms with Gasteiger partial charge in [0, 0.05) is 25.6 Å². The second-order valence-electron chi connectivity index (χ2n) is 8.28. The Morgan fingerprint density at radius 1 is 1.18 bits per heavy atom. The van der Waals surface area contributed by atoms with E-state index in [1.165, 1.54) is 6.42 Å². The number of piperidine rings is 1. The first-order valence-electron chi connectivity index (χ1n) is 10.5. The molecule has 3 rings (SSSR count). The van der Waals surface area contributed by atoms with Gasteiger partial charge in [-0.25, -0.2) is 4.79 Å². The lowest BCUT2D eigenvalue weighted by Gasteiger charge is -2.34. The SMILES string of the molecule is Cc1cc(CNC(=O)C2CCN(C(=O)O[C@@H]3CCCC[C@@H]3C)CC2)ccc1O. The predicted octanol–water partition coefficient (Wildman–Crippen LogP) is 3.74. The van der Waals surface area contributed by atoms with Crippen molar-refractivity contribution in [2.75, 3.05) is 13.1 Å². The van der Waals surface area contributed by atoms with Crippen molar-refractivity contribution in [3.8, 4) is 5.75 Å². The first kappa shape index (κ1) is 20.5. The summed E-state index contributed by atoms with van der Waals surface area (Å²) in [4.78, 5) is 26.7. The molecule has 0 radical (unpaired) electrons. The van der Waals surface area contributed by atoms with Crippen molar-refractivity contribution in [2.24, 2.45) is 11.8 Å². The van der Waals surface area contributed by atoms with E-state index in [9.17, 15) is 14.7 Å². The molecule has 1 saturated carbocycles. The van der Waals surface area contributed by atoms with Crippen LogP contribution in [0.25, 0.3) is 0 Å². The summed E-state index contributed by atoms with van der Waals surface area (Å²) in [5, 5.41) is 12.6. The lowest BCUT2D eigenvalue weighted by atomic mass is 9.88. The molecule has 154 valence electrons. The van der Waals surface area contributed by atoms with E-state index in [-0.39, 0.29) is 29.8 Å². The average Bonchev–Trinajstić information content (AvgIpc) is 2.70. The normalized spacial score (nSPS) is 23.3. The van der Waals surface area contributed by atoms with Crippen LogP contribution in [0.15, 0.2) is 18.2 Å². The Kier molecular flexibility index (Phi) is 6.81. The molecule has 0 unspecified atom stereocenters. The number of phenolic OH excluding ortho intramolecular Hbond substituents is 1. The molecular formula is C22H32N2O4. The fourth-order valence-corrected chi connectivity index (χ4v) is 4.15. The lowest BCUT2D eigenvalue weighted by molar-refractivity contribution is -0.126. The number of nitrogens with zero attached hydrogens (tertiary/aromatic N) is 1. The van der Waals surface area contributed by atoms with Gasteiger partial charge in [-0.15, -0.1) is 0 Å². The number of likely N-dealkylation sites (tertiary alicyclic amines) is 1. The third-order valence-corrected chi connectivity index (χ3v) is 6.14. The number of aryl methyl sites for hydroxylation is 1. The van der Waals surface area contributed by atoms with Crippen molar-refractivity contribution >= 4 is 12.0 Å². The van der Waals surface area contributed by atoms with Gasteiger partial charge < -0.3 is 20.1 Å². The zero-order chi connectivity index (χ0) is 20.1. The van der Waals surface area contributed by atoms with Gasteiger partial charge in [0.2, 0.25) is 5.91 Å². The summed E-state index contributed by atoms with van der Waals surface area (Å²) in [7, 11) is 0. The molecule has 0 aromatic heterocycles. The lowest BCUT2D eigenvalue weighted by Crippen LogP contribution is -2.44. The van der Waals surface area contributed by atoms with Gasteiger partial charge in [-0.3, -0.25) is 4.79 Å². The molecule has 2 atom stereocenters. The Hall–Kier alpha value is -2.24. The van der Waals surface area contributed by atoms with Gasteiger partial charge in [-0.1, -0.05) is 25.5 Å². The monoisotopic (exact) mass is 388 g/mol. The molecule has 2 fully saturated rings. The Bertz CT molecular complexity index is 698. The molecule has 0 spiro atoms. The molecule has 1 aliphatic carbocycles. The minimum absolute atomic E-state index is 0.0275. The molecule has 2 aliphatic rings. The summed E-state index contributed by atoms with van der Waals surface area (Å²) in [6.45, 7) is 5.57. The topological polar surface area (TPSA) is 78.9 Å². The van der Waals surface area contributed by atoms with Gasteiger partial charge in [-0.05, 0) is 62.1 Å². The van der Waals surface area contributed by atoms with Gasteiger partial charge in [0.1, 0.15) is 11.9 Å². The van der Waals surface area contributed by atoms with E-state index in [0.717, 1.165) is 30.4 Å². The van der Waals surface area contributed by atoms with Gasteiger partial charge >= 0.3 is 6.09 Å². The van der Waals surface area contributed by atoms with Crippen molar-refractivity contribution in [3.05, 3.63) is 29.3 Å². The number of hydrogen-bond donors (Lipinski definition) is 2. The number of carbonyl (C=O) groups is 2. The van der Waals surface area contributed by atoms with Crippen molar-refractivity contribution in [3.63, 3.8) is 0 Å². The Labute approximate surface area is 167 Å². The predicted molar refractivity (Wildman–Crippen MR) is 107 cm³/mol. The van der Waals surface area contributed by atoms with E-state index in [0.29, 0.717) is 38.4 Å². The van der Waals surface area contributed by atoms with Crippen LogP contribution in [0.4, 0.5) is 4.79 Å². The number of phenols is 1. The number of amides is 2. The highest BCUT2D eigenvalue weighted by molar-refractivity contribution is 5.79. The summed E-state index contributed by atoms with van der Waals surface area (Å²) in [6.07, 6.45) is 5.58. The van der Waals surface area contributed by atoms with E-state index in [4.69, 9.17) is 4.74 Å². The highest BCUT2D eigenvalue weighted by atomic mass is 16.6. The van der Waals surface area contributed by atoms with Crippen LogP contribution in [0.3, 0.4) is 0 Å². The highest BCUT2D eigenvalue weighted by Crippen LogP contribution is 2.27. The summed E-state index contributed by atoms with van der Waals surface area (Å²) in [6, 6.07) is 5.34. The molecule has 1 saturated heterocycles. The van der Waals surface area contributed by atoms with Crippen molar-refractivity contribution < 1.29 is 19.4 Å². The number of benzene rings is 1. The smallest absolute Gasteiger partial charge is 0.410 e. The largest absolute Gasteiger partial charge is 0.508 e. The number of aromatic hydroxyl groups is 1. The van der Waals surface area contributed by atoms with Crippen LogP contribution in [0, 0.1) is 18.8 Å². The van der Waals surface area contributed by atoms with Crippen LogP contribution in [-0.2, 0) is 16.1 Å². The summed E-state index contributed by atoms with van der Waals surface area (Å²) in [5.41, 5.74) is 1.76. The minimum atomic E-state index is -0.225. The second kappa shape index (κ2) is 9.30. The van der Waals surface area contributed by atoms with E-state index >= 15 is 0 Å². The Morgan fingerprint density at radius 2 is 1.89 bits per heavy atom. The molecule has 0 bridgehead atoms. The maximum atomic E-state index is 12.5. The maximum absolute atomic E-state index is 12.5. The Morgan fingerprint density at radius 3 is 2.57 bits per heavy atom. The third kappa shape index (κ3) is 5.18. The minimum Gasteiger partial charge on any atom is -0.508 e. The number of carbonyl (C=O) groups excluding carboxylic acids is 2. The van der Waals surface area contributed by atoms with Gasteiger partial charge in [0.15, 0.2) is 0 Å². The summed E-state index contributed by atoms with van der Waals surface area (Å²) in [5.74, 6) is 0.650. The highest BCUT2D eigenvalue weighted by Gasteiger charge is 2.31. The first-order valence-corrected chi connectivity index (χ1v) is 10.5. The van der Waals surface area contributed by atoms with E-state index in [1.54, 1.807) is 11.0 Å². The van der Waals surface area contributed by atoms with Crippen LogP contribution in [0.1, 0.15) is 56.6 Å². The van der Waals surface area contributed by atoms with Gasteiger partial charge in [0.25, 0.3) is 0 Å². The Balaban J connectivity index is 1.42. The number of ether oxygens (including phenoxy) is 1. The molecule has 2 N–H and O–H groups in total. The van der Waals surface area contributed by atoms with Gasteiger partial charge in [0.05, 0.1) is 0 Å². The average molecular weight is 389 g/mol. The van der Waals surface area contributed by atoms with Crippen LogP contribution >= 0.6 is 0 Å². The molecule has 2 amide bonds. The number of hydrogen-bond acceptors (Lipinski definition) is 4. The molecule has 1 aliphatic heterocycles. The molecule has 6 nitrogen and oxygen atoms in total. The zero-order valence-corrected chi connectivity index (χ0v) is 16.9. The van der Waals surface area contributed by atoms with Crippen LogP contribution in [0.2, 0.25) is 0 Å². The number of rotatable bonds is 4. The number of nitrogens with one attached hydrogen (secondary N) is 1. The van der Waals surface area contributed by atoms with Crippen molar-refractivity contribution in [1.82, 2.24) is 10.2 Å². The van der Waals surface area contributed by atoms with Crippen LogP contribution in [-0.4, -0.2) is 41.2 Å². The third-order valence-electron chi connectivity index (χ3n) is 6.14. The molecule has 1 aromatic rings. The fraction of sp³-hybridized carbons (Fsp3) is 0.636. The summed E-state index contributed by atoms with van der Waals surface area (Å²) >= 11 is 0.